The number of methoxy groups -OCH3 is 2. The maximum atomic E-state index is 13.2. The molecule has 0 aliphatic heterocycles. The Labute approximate surface area is 100 Å². The van der Waals surface area contributed by atoms with E-state index in [-0.39, 0.29) is 11.3 Å². The summed E-state index contributed by atoms with van der Waals surface area (Å²) in [5, 5.41) is 9.59. The van der Waals surface area contributed by atoms with Crippen LogP contribution in [0.3, 0.4) is 0 Å². The molecule has 6 heteroatoms. The number of aliphatic hydroxyl groups is 1. The van der Waals surface area contributed by atoms with Gasteiger partial charge < -0.3 is 14.6 Å². The second-order valence-electron chi connectivity index (χ2n) is 2.94. The van der Waals surface area contributed by atoms with Gasteiger partial charge in [0.1, 0.15) is 11.6 Å². The van der Waals surface area contributed by atoms with Crippen molar-refractivity contribution in [1.29, 1.82) is 0 Å². The number of benzene rings is 1. The normalized spacial score (nSPS) is 12.1. The van der Waals surface area contributed by atoms with Gasteiger partial charge in [0.05, 0.1) is 18.7 Å². The Morgan fingerprint density at radius 1 is 1.50 bits per heavy atom. The second kappa shape index (κ2) is 5.27. The van der Waals surface area contributed by atoms with Gasteiger partial charge in [0.2, 0.25) is 0 Å². The van der Waals surface area contributed by atoms with Gasteiger partial charge in [0, 0.05) is 11.6 Å². The number of carbonyl (C=O) groups excluding carboxylic acids is 1. The van der Waals surface area contributed by atoms with E-state index in [1.165, 1.54) is 7.11 Å². The summed E-state index contributed by atoms with van der Waals surface area (Å²) in [6.45, 7) is 0. The van der Waals surface area contributed by atoms with Gasteiger partial charge in [-0.15, -0.1) is 0 Å². The fourth-order valence-electron chi connectivity index (χ4n) is 1.17. The molecule has 0 aromatic heterocycles. The number of carbonyl (C=O) groups is 1. The van der Waals surface area contributed by atoms with Gasteiger partial charge in [-0.25, -0.2) is 9.18 Å². The molecule has 0 saturated carbocycles. The third kappa shape index (κ3) is 2.51. The maximum Gasteiger partial charge on any atom is 0.339 e. The number of esters is 1. The highest BCUT2D eigenvalue weighted by Crippen LogP contribution is 2.33. The highest BCUT2D eigenvalue weighted by atomic mass is 79.9. The average molecular weight is 293 g/mol. The molecule has 0 bridgehead atoms. The standard InChI is InChI=1S/C10H10BrFO4/c1-15-7-4-5(12)3-6(8(7)11)9(13)10(14)16-2/h3-4,9,13H,1-2H3. The molecule has 1 aromatic carbocycles. The lowest BCUT2D eigenvalue weighted by Crippen LogP contribution is -2.14. The second-order valence-corrected chi connectivity index (χ2v) is 3.73. The summed E-state index contributed by atoms with van der Waals surface area (Å²) in [7, 11) is 2.49. The van der Waals surface area contributed by atoms with Crippen LogP contribution in [0.5, 0.6) is 5.75 Å². The zero-order chi connectivity index (χ0) is 12.3. The van der Waals surface area contributed by atoms with Crippen LogP contribution < -0.4 is 4.74 Å². The van der Waals surface area contributed by atoms with Gasteiger partial charge in [-0.1, -0.05) is 0 Å². The average Bonchev–Trinajstić information content (AvgIpc) is 2.29. The van der Waals surface area contributed by atoms with Crippen molar-refractivity contribution in [3.8, 4) is 5.75 Å². The molecule has 0 aliphatic rings. The first-order valence-corrected chi connectivity index (χ1v) is 5.09. The molecule has 1 N–H and O–H groups in total. The van der Waals surface area contributed by atoms with Crippen LogP contribution in [0.25, 0.3) is 0 Å². The van der Waals surface area contributed by atoms with E-state index in [1.54, 1.807) is 0 Å². The molecular weight excluding hydrogens is 283 g/mol. The molecule has 0 fully saturated rings. The first-order valence-electron chi connectivity index (χ1n) is 4.30. The largest absolute Gasteiger partial charge is 0.495 e. The predicted molar refractivity (Wildman–Crippen MR) is 57.6 cm³/mol. The van der Waals surface area contributed by atoms with Crippen molar-refractivity contribution < 1.29 is 23.8 Å². The third-order valence-corrected chi connectivity index (χ3v) is 2.82. The van der Waals surface area contributed by atoms with Crippen LogP contribution >= 0.6 is 15.9 Å². The fourth-order valence-corrected chi connectivity index (χ4v) is 1.78. The molecule has 0 amide bonds. The van der Waals surface area contributed by atoms with Gasteiger partial charge in [0.15, 0.2) is 6.10 Å². The van der Waals surface area contributed by atoms with E-state index in [0.717, 1.165) is 19.2 Å². The van der Waals surface area contributed by atoms with Gasteiger partial charge in [-0.3, -0.25) is 0 Å². The van der Waals surface area contributed by atoms with Crippen molar-refractivity contribution >= 4 is 21.9 Å². The van der Waals surface area contributed by atoms with Crippen LogP contribution in [0.15, 0.2) is 16.6 Å². The Balaban J connectivity index is 3.22. The Hall–Kier alpha value is -1.14. The third-order valence-electron chi connectivity index (χ3n) is 1.97. The zero-order valence-electron chi connectivity index (χ0n) is 8.66. The molecule has 0 heterocycles. The van der Waals surface area contributed by atoms with E-state index >= 15 is 0 Å². The lowest BCUT2D eigenvalue weighted by Gasteiger charge is -2.13. The summed E-state index contributed by atoms with van der Waals surface area (Å²) in [6.07, 6.45) is -1.55. The number of hydrogen-bond donors (Lipinski definition) is 1. The maximum absolute atomic E-state index is 13.2. The van der Waals surface area contributed by atoms with Crippen molar-refractivity contribution in [2.24, 2.45) is 0 Å². The molecule has 0 radical (unpaired) electrons. The molecule has 0 spiro atoms. The van der Waals surface area contributed by atoms with Gasteiger partial charge in [-0.2, -0.15) is 0 Å². The first-order chi connectivity index (χ1) is 7.51. The Morgan fingerprint density at radius 3 is 2.62 bits per heavy atom. The quantitative estimate of drug-likeness (QED) is 0.863. The number of aliphatic hydroxyl groups excluding tert-OH is 1. The van der Waals surface area contributed by atoms with E-state index in [1.807, 2.05) is 0 Å². The minimum Gasteiger partial charge on any atom is -0.495 e. The lowest BCUT2D eigenvalue weighted by atomic mass is 10.1. The van der Waals surface area contributed by atoms with E-state index < -0.39 is 17.9 Å². The molecule has 1 aromatic rings. The summed E-state index contributed by atoms with van der Waals surface area (Å²) in [5.41, 5.74) is 0.0590. The summed E-state index contributed by atoms with van der Waals surface area (Å²) in [4.78, 5) is 11.1. The minimum absolute atomic E-state index is 0.0590. The van der Waals surface area contributed by atoms with Gasteiger partial charge in [-0.05, 0) is 22.0 Å². The summed E-state index contributed by atoms with van der Waals surface area (Å²) >= 11 is 3.11. The molecule has 1 rings (SSSR count). The molecule has 0 aliphatic carbocycles. The Bertz CT molecular complexity index is 408. The number of hydrogen-bond acceptors (Lipinski definition) is 4. The van der Waals surface area contributed by atoms with Crippen LogP contribution in [-0.2, 0) is 9.53 Å². The van der Waals surface area contributed by atoms with Crippen molar-refractivity contribution in [1.82, 2.24) is 0 Å². The van der Waals surface area contributed by atoms with Gasteiger partial charge in [0.25, 0.3) is 0 Å². The molecule has 4 nitrogen and oxygen atoms in total. The van der Waals surface area contributed by atoms with Gasteiger partial charge >= 0.3 is 5.97 Å². The molecule has 1 unspecified atom stereocenters. The summed E-state index contributed by atoms with van der Waals surface area (Å²) < 4.78 is 22.7. The summed E-state index contributed by atoms with van der Waals surface area (Å²) in [6, 6.07) is 2.17. The Morgan fingerprint density at radius 2 is 2.12 bits per heavy atom. The first kappa shape index (κ1) is 12.9. The Kier molecular flexibility index (Phi) is 4.26. The SMILES string of the molecule is COC(=O)C(O)c1cc(F)cc(OC)c1Br. The van der Waals surface area contributed by atoms with Crippen molar-refractivity contribution in [2.75, 3.05) is 14.2 Å². The van der Waals surface area contributed by atoms with Crippen LogP contribution in [0, 0.1) is 5.82 Å². The van der Waals surface area contributed by atoms with Crippen LogP contribution in [-0.4, -0.2) is 25.3 Å². The molecule has 16 heavy (non-hydrogen) atoms. The fraction of sp³-hybridized carbons (Fsp3) is 0.300. The predicted octanol–water partition coefficient (Wildman–Crippen LogP) is 1.80. The minimum atomic E-state index is -1.55. The van der Waals surface area contributed by atoms with Crippen molar-refractivity contribution in [3.63, 3.8) is 0 Å². The van der Waals surface area contributed by atoms with E-state index in [0.29, 0.717) is 4.47 Å². The summed E-state index contributed by atoms with van der Waals surface area (Å²) in [5.74, 6) is -1.29. The number of ether oxygens (including phenoxy) is 2. The monoisotopic (exact) mass is 292 g/mol. The lowest BCUT2D eigenvalue weighted by molar-refractivity contribution is -0.150. The molecular formula is C10H10BrFO4. The zero-order valence-corrected chi connectivity index (χ0v) is 10.2. The van der Waals surface area contributed by atoms with E-state index in [4.69, 9.17) is 4.74 Å². The van der Waals surface area contributed by atoms with E-state index in [9.17, 15) is 14.3 Å². The van der Waals surface area contributed by atoms with Crippen LogP contribution in [0.1, 0.15) is 11.7 Å². The smallest absolute Gasteiger partial charge is 0.339 e. The van der Waals surface area contributed by atoms with Crippen molar-refractivity contribution in [2.45, 2.75) is 6.10 Å². The topological polar surface area (TPSA) is 55.8 Å². The van der Waals surface area contributed by atoms with Crippen molar-refractivity contribution in [3.05, 3.63) is 28.0 Å². The van der Waals surface area contributed by atoms with E-state index in [2.05, 4.69) is 20.7 Å². The van der Waals surface area contributed by atoms with Crippen LogP contribution in [0.4, 0.5) is 4.39 Å². The molecule has 1 atom stereocenters. The van der Waals surface area contributed by atoms with Crippen LogP contribution in [0.2, 0.25) is 0 Å². The molecule has 88 valence electrons. The number of rotatable bonds is 3. The highest BCUT2D eigenvalue weighted by Gasteiger charge is 2.23. The molecule has 0 saturated heterocycles. The highest BCUT2D eigenvalue weighted by molar-refractivity contribution is 9.10. The number of halogens is 2.